The van der Waals surface area contributed by atoms with Crippen molar-refractivity contribution in [1.82, 2.24) is 0 Å². The fraction of sp³-hybridized carbons (Fsp3) is 0.133. The number of anilines is 1. The zero-order valence-corrected chi connectivity index (χ0v) is 12.4. The molecule has 0 aliphatic carbocycles. The van der Waals surface area contributed by atoms with E-state index < -0.39 is 6.61 Å². The molecule has 1 amide bonds. The van der Waals surface area contributed by atoms with E-state index >= 15 is 0 Å². The molecule has 0 aliphatic rings. The molecule has 0 fully saturated rings. The Kier molecular flexibility index (Phi) is 5.27. The Morgan fingerprint density at radius 2 is 1.95 bits per heavy atom. The second-order valence-corrected chi connectivity index (χ2v) is 4.71. The van der Waals surface area contributed by atoms with E-state index in [0.717, 1.165) is 5.56 Å². The van der Waals surface area contributed by atoms with Gasteiger partial charge in [-0.2, -0.15) is 8.78 Å². The van der Waals surface area contributed by atoms with Crippen LogP contribution in [0.25, 0.3) is 0 Å². The van der Waals surface area contributed by atoms with Gasteiger partial charge in [-0.05, 0) is 29.8 Å². The summed E-state index contributed by atoms with van der Waals surface area (Å²) in [5.74, 6) is -0.436. The van der Waals surface area contributed by atoms with Crippen LogP contribution >= 0.6 is 15.9 Å². The predicted octanol–water partition coefficient (Wildman–Crippen LogP) is 4.44. The van der Waals surface area contributed by atoms with Crippen molar-refractivity contribution in [2.75, 3.05) is 5.32 Å². The van der Waals surface area contributed by atoms with Crippen molar-refractivity contribution in [2.24, 2.45) is 0 Å². The van der Waals surface area contributed by atoms with Crippen LogP contribution in [0.1, 0.15) is 15.9 Å². The van der Waals surface area contributed by atoms with Gasteiger partial charge in [0.15, 0.2) is 0 Å². The summed E-state index contributed by atoms with van der Waals surface area (Å²) < 4.78 is 28.6. The molecule has 110 valence electrons. The van der Waals surface area contributed by atoms with E-state index in [1.807, 2.05) is 12.1 Å². The summed E-state index contributed by atoms with van der Waals surface area (Å²) in [7, 11) is 0. The second-order valence-electron chi connectivity index (χ2n) is 4.15. The van der Waals surface area contributed by atoms with Crippen LogP contribution < -0.4 is 10.1 Å². The molecule has 0 saturated heterocycles. The first-order valence-electron chi connectivity index (χ1n) is 6.10. The third kappa shape index (κ3) is 4.26. The molecule has 6 heteroatoms. The molecule has 21 heavy (non-hydrogen) atoms. The Hall–Kier alpha value is -1.95. The maximum Gasteiger partial charge on any atom is 0.387 e. The second kappa shape index (κ2) is 7.17. The topological polar surface area (TPSA) is 38.3 Å². The van der Waals surface area contributed by atoms with Gasteiger partial charge >= 0.3 is 6.61 Å². The number of carbonyl (C=O) groups excluding carboxylic acids is 1. The Labute approximate surface area is 129 Å². The molecule has 3 nitrogen and oxygen atoms in total. The average Bonchev–Trinajstić information content (AvgIpc) is 2.47. The smallest absolute Gasteiger partial charge is 0.387 e. The van der Waals surface area contributed by atoms with Gasteiger partial charge in [0.05, 0.1) is 0 Å². The largest absolute Gasteiger partial charge is 0.435 e. The molecule has 0 aromatic heterocycles. The molecule has 2 aromatic rings. The molecule has 1 N–H and O–H groups in total. The fourth-order valence-electron chi connectivity index (χ4n) is 1.77. The highest BCUT2D eigenvalue weighted by Crippen LogP contribution is 2.20. The van der Waals surface area contributed by atoms with Crippen molar-refractivity contribution < 1.29 is 18.3 Å². The summed E-state index contributed by atoms with van der Waals surface area (Å²) in [5, 5.41) is 3.34. The van der Waals surface area contributed by atoms with Crippen molar-refractivity contribution in [1.29, 1.82) is 0 Å². The average molecular weight is 356 g/mol. The highest BCUT2D eigenvalue weighted by Gasteiger charge is 2.11. The van der Waals surface area contributed by atoms with Crippen LogP contribution in [0.2, 0.25) is 0 Å². The first-order valence-corrected chi connectivity index (χ1v) is 7.22. The maximum absolute atomic E-state index is 12.2. The maximum atomic E-state index is 12.2. The minimum Gasteiger partial charge on any atom is -0.435 e. The molecule has 0 radical (unpaired) electrons. The van der Waals surface area contributed by atoms with Gasteiger partial charge in [0, 0.05) is 16.6 Å². The number of rotatable bonds is 5. The number of para-hydroxylation sites is 1. The first kappa shape index (κ1) is 15.4. The van der Waals surface area contributed by atoms with Crippen LogP contribution in [0, 0.1) is 0 Å². The summed E-state index contributed by atoms with van der Waals surface area (Å²) in [6.45, 7) is -2.92. The van der Waals surface area contributed by atoms with Gasteiger partial charge < -0.3 is 10.1 Å². The van der Waals surface area contributed by atoms with E-state index in [-0.39, 0.29) is 17.2 Å². The molecule has 0 unspecified atom stereocenters. The van der Waals surface area contributed by atoms with Crippen molar-refractivity contribution in [2.45, 2.75) is 11.9 Å². The molecule has 0 heterocycles. The van der Waals surface area contributed by atoms with Crippen LogP contribution in [-0.2, 0) is 5.33 Å². The van der Waals surface area contributed by atoms with E-state index in [4.69, 9.17) is 0 Å². The lowest BCUT2D eigenvalue weighted by Gasteiger charge is -2.10. The van der Waals surface area contributed by atoms with Gasteiger partial charge in [0.2, 0.25) is 0 Å². The van der Waals surface area contributed by atoms with Crippen molar-refractivity contribution >= 4 is 27.5 Å². The number of amides is 1. The van der Waals surface area contributed by atoms with E-state index in [2.05, 4.69) is 26.0 Å². The Morgan fingerprint density at radius 1 is 1.19 bits per heavy atom. The third-order valence-electron chi connectivity index (χ3n) is 2.73. The quantitative estimate of drug-likeness (QED) is 0.805. The van der Waals surface area contributed by atoms with E-state index in [9.17, 15) is 13.6 Å². The van der Waals surface area contributed by atoms with Gasteiger partial charge in [0.25, 0.3) is 5.91 Å². The minimum atomic E-state index is -2.92. The van der Waals surface area contributed by atoms with E-state index in [1.165, 1.54) is 24.3 Å². The lowest BCUT2D eigenvalue weighted by Crippen LogP contribution is -2.13. The van der Waals surface area contributed by atoms with Gasteiger partial charge in [-0.15, -0.1) is 0 Å². The summed E-state index contributed by atoms with van der Waals surface area (Å²) >= 11 is 3.34. The van der Waals surface area contributed by atoms with Crippen LogP contribution in [-0.4, -0.2) is 12.5 Å². The lowest BCUT2D eigenvalue weighted by atomic mass is 10.1. The van der Waals surface area contributed by atoms with E-state index in [1.54, 1.807) is 12.1 Å². The number of halogens is 3. The van der Waals surface area contributed by atoms with Crippen molar-refractivity contribution in [3.8, 4) is 5.75 Å². The van der Waals surface area contributed by atoms with Crippen molar-refractivity contribution in [3.63, 3.8) is 0 Å². The van der Waals surface area contributed by atoms with Crippen LogP contribution in [0.15, 0.2) is 48.5 Å². The molecular weight excluding hydrogens is 344 g/mol. The molecule has 0 spiro atoms. The number of benzene rings is 2. The van der Waals surface area contributed by atoms with Crippen LogP contribution in [0.4, 0.5) is 14.5 Å². The monoisotopic (exact) mass is 355 g/mol. The Morgan fingerprint density at radius 3 is 2.67 bits per heavy atom. The molecule has 2 rings (SSSR count). The molecule has 2 aromatic carbocycles. The number of ether oxygens (including phenoxy) is 1. The standard InChI is InChI=1S/C15H12BrF2NO2/c16-9-11-4-1-2-7-13(11)19-14(20)10-5-3-6-12(8-10)21-15(17)18/h1-8,15H,9H2,(H,19,20). The van der Waals surface area contributed by atoms with Gasteiger partial charge in [0.1, 0.15) is 5.75 Å². The van der Waals surface area contributed by atoms with Crippen molar-refractivity contribution in [3.05, 3.63) is 59.7 Å². The molecule has 0 atom stereocenters. The highest BCUT2D eigenvalue weighted by atomic mass is 79.9. The number of hydrogen-bond acceptors (Lipinski definition) is 2. The predicted molar refractivity (Wildman–Crippen MR) is 80.1 cm³/mol. The molecular formula is C15H12BrF2NO2. The lowest BCUT2D eigenvalue weighted by molar-refractivity contribution is -0.0498. The van der Waals surface area contributed by atoms with Gasteiger partial charge in [-0.25, -0.2) is 0 Å². The minimum absolute atomic E-state index is 0.0496. The third-order valence-corrected chi connectivity index (χ3v) is 3.34. The molecule has 0 saturated carbocycles. The Balaban J connectivity index is 2.16. The fourth-order valence-corrected chi connectivity index (χ4v) is 2.26. The summed E-state index contributed by atoms with van der Waals surface area (Å²) in [4.78, 5) is 12.2. The summed E-state index contributed by atoms with van der Waals surface area (Å²) in [6.07, 6.45) is 0. The van der Waals surface area contributed by atoms with Gasteiger partial charge in [-0.1, -0.05) is 40.2 Å². The van der Waals surface area contributed by atoms with E-state index in [0.29, 0.717) is 11.0 Å². The Bertz CT molecular complexity index is 635. The highest BCUT2D eigenvalue weighted by molar-refractivity contribution is 9.08. The zero-order valence-electron chi connectivity index (χ0n) is 10.9. The first-order chi connectivity index (χ1) is 10.1. The summed E-state index contributed by atoms with van der Waals surface area (Å²) in [6, 6.07) is 13.0. The molecule has 0 aliphatic heterocycles. The molecule has 0 bridgehead atoms. The number of hydrogen-bond donors (Lipinski definition) is 1. The van der Waals surface area contributed by atoms with Crippen LogP contribution in [0.5, 0.6) is 5.75 Å². The van der Waals surface area contributed by atoms with Gasteiger partial charge in [-0.3, -0.25) is 4.79 Å². The normalized spacial score (nSPS) is 10.5. The van der Waals surface area contributed by atoms with Crippen LogP contribution in [0.3, 0.4) is 0 Å². The number of nitrogens with one attached hydrogen (secondary N) is 1. The number of carbonyl (C=O) groups is 1. The SMILES string of the molecule is O=C(Nc1ccccc1CBr)c1cccc(OC(F)F)c1. The summed E-state index contributed by atoms with van der Waals surface area (Å²) in [5.41, 5.74) is 1.84. The zero-order chi connectivity index (χ0) is 15.2. The number of alkyl halides is 3.